The van der Waals surface area contributed by atoms with Gasteiger partial charge >= 0.3 is 0 Å². The zero-order valence-electron chi connectivity index (χ0n) is 12.5. The van der Waals surface area contributed by atoms with E-state index in [0.717, 1.165) is 11.3 Å². The number of nitrogens with one attached hydrogen (secondary N) is 2. The first kappa shape index (κ1) is 16.0. The summed E-state index contributed by atoms with van der Waals surface area (Å²) in [5.74, 6) is -0.209. The number of aryl methyl sites for hydroxylation is 1. The van der Waals surface area contributed by atoms with Crippen molar-refractivity contribution in [3.8, 4) is 0 Å². The van der Waals surface area contributed by atoms with Crippen molar-refractivity contribution in [2.75, 3.05) is 5.32 Å². The quantitative estimate of drug-likeness (QED) is 0.654. The van der Waals surface area contributed by atoms with Gasteiger partial charge in [-0.05, 0) is 43.7 Å². The minimum absolute atomic E-state index is 0.209. The third-order valence-electron chi connectivity index (χ3n) is 3.07. The molecule has 0 spiro atoms. The molecule has 2 N–H and O–H groups in total. The number of hydrazone groups is 1. The van der Waals surface area contributed by atoms with Crippen LogP contribution in [-0.2, 0) is 4.79 Å². The van der Waals surface area contributed by atoms with Gasteiger partial charge in [0.15, 0.2) is 0 Å². The van der Waals surface area contributed by atoms with Crippen molar-refractivity contribution < 1.29 is 4.79 Å². The van der Waals surface area contributed by atoms with E-state index in [1.807, 2.05) is 43.3 Å². The molecule has 22 heavy (non-hydrogen) atoms. The molecular formula is C17H18ClN3O. The van der Waals surface area contributed by atoms with E-state index in [-0.39, 0.29) is 11.9 Å². The van der Waals surface area contributed by atoms with Crippen LogP contribution in [0.1, 0.15) is 18.1 Å². The Hall–Kier alpha value is -2.33. The van der Waals surface area contributed by atoms with E-state index in [9.17, 15) is 4.79 Å². The number of halogens is 1. The van der Waals surface area contributed by atoms with Gasteiger partial charge in [0, 0.05) is 10.7 Å². The predicted octanol–water partition coefficient (Wildman–Crippen LogP) is 3.60. The second kappa shape index (κ2) is 7.61. The highest BCUT2D eigenvalue weighted by atomic mass is 35.5. The number of carbonyl (C=O) groups is 1. The van der Waals surface area contributed by atoms with E-state index >= 15 is 0 Å². The predicted molar refractivity (Wildman–Crippen MR) is 91.5 cm³/mol. The lowest BCUT2D eigenvalue weighted by atomic mass is 10.2. The molecule has 2 aromatic carbocycles. The molecule has 0 heterocycles. The van der Waals surface area contributed by atoms with E-state index < -0.39 is 0 Å². The van der Waals surface area contributed by atoms with Gasteiger partial charge in [-0.25, -0.2) is 5.43 Å². The molecule has 1 amide bonds. The normalized spacial score (nSPS) is 12.1. The molecule has 114 valence electrons. The monoisotopic (exact) mass is 315 g/mol. The smallest absolute Gasteiger partial charge is 0.262 e. The van der Waals surface area contributed by atoms with Crippen molar-refractivity contribution in [3.05, 3.63) is 64.7 Å². The Morgan fingerprint density at radius 3 is 2.64 bits per heavy atom. The zero-order valence-corrected chi connectivity index (χ0v) is 13.3. The number of amides is 1. The summed E-state index contributed by atoms with van der Waals surface area (Å²) in [5, 5.41) is 7.69. The Kier molecular flexibility index (Phi) is 5.55. The number of anilines is 1. The van der Waals surface area contributed by atoms with Crippen molar-refractivity contribution in [3.63, 3.8) is 0 Å². The largest absolute Gasteiger partial charge is 0.374 e. The molecule has 0 bridgehead atoms. The van der Waals surface area contributed by atoms with E-state index in [1.54, 1.807) is 25.3 Å². The van der Waals surface area contributed by atoms with Gasteiger partial charge in [0.05, 0.1) is 6.21 Å². The topological polar surface area (TPSA) is 53.5 Å². The number of rotatable bonds is 5. The van der Waals surface area contributed by atoms with E-state index in [0.29, 0.717) is 5.02 Å². The Morgan fingerprint density at radius 2 is 1.95 bits per heavy atom. The highest BCUT2D eigenvalue weighted by Gasteiger charge is 2.11. The lowest BCUT2D eigenvalue weighted by Gasteiger charge is -2.13. The average molecular weight is 316 g/mol. The second-order valence-corrected chi connectivity index (χ2v) is 5.46. The first-order valence-corrected chi connectivity index (χ1v) is 7.34. The first-order chi connectivity index (χ1) is 10.5. The molecular weight excluding hydrogens is 298 g/mol. The average Bonchev–Trinajstić information content (AvgIpc) is 2.49. The van der Waals surface area contributed by atoms with Crippen LogP contribution in [0, 0.1) is 6.92 Å². The summed E-state index contributed by atoms with van der Waals surface area (Å²) in [6, 6.07) is 14.7. The van der Waals surface area contributed by atoms with Crippen molar-refractivity contribution in [1.82, 2.24) is 5.43 Å². The van der Waals surface area contributed by atoms with Gasteiger partial charge in [-0.3, -0.25) is 4.79 Å². The van der Waals surface area contributed by atoms with E-state index in [1.165, 1.54) is 5.56 Å². The van der Waals surface area contributed by atoms with Crippen LogP contribution in [-0.4, -0.2) is 18.2 Å². The summed E-state index contributed by atoms with van der Waals surface area (Å²) < 4.78 is 0. The van der Waals surface area contributed by atoms with Crippen molar-refractivity contribution in [1.29, 1.82) is 0 Å². The number of carbonyl (C=O) groups excluding carboxylic acids is 1. The lowest BCUT2D eigenvalue weighted by molar-refractivity contribution is -0.121. The molecule has 0 aliphatic heterocycles. The molecule has 2 rings (SSSR count). The van der Waals surface area contributed by atoms with Gasteiger partial charge in [0.25, 0.3) is 5.91 Å². The maximum atomic E-state index is 12.0. The third kappa shape index (κ3) is 4.90. The molecule has 0 aromatic heterocycles. The van der Waals surface area contributed by atoms with Crippen LogP contribution in [0.2, 0.25) is 5.02 Å². The summed E-state index contributed by atoms with van der Waals surface area (Å²) in [5.41, 5.74) is 5.40. The first-order valence-electron chi connectivity index (χ1n) is 6.96. The minimum atomic E-state index is -0.390. The molecule has 0 unspecified atom stereocenters. The highest BCUT2D eigenvalue weighted by molar-refractivity contribution is 6.30. The van der Waals surface area contributed by atoms with Crippen LogP contribution in [0.5, 0.6) is 0 Å². The molecule has 2 aromatic rings. The molecule has 0 saturated carbocycles. The summed E-state index contributed by atoms with van der Waals surface area (Å²) in [6.45, 7) is 3.80. The fraction of sp³-hybridized carbons (Fsp3) is 0.176. The van der Waals surface area contributed by atoms with Gasteiger partial charge < -0.3 is 5.32 Å². The maximum Gasteiger partial charge on any atom is 0.262 e. The minimum Gasteiger partial charge on any atom is -0.374 e. The number of hydrogen-bond donors (Lipinski definition) is 2. The van der Waals surface area contributed by atoms with Crippen LogP contribution in [0.4, 0.5) is 5.69 Å². The van der Waals surface area contributed by atoms with Crippen molar-refractivity contribution >= 4 is 29.4 Å². The van der Waals surface area contributed by atoms with Gasteiger partial charge in [-0.15, -0.1) is 0 Å². The second-order valence-electron chi connectivity index (χ2n) is 5.02. The molecule has 0 fully saturated rings. The molecule has 1 atom stereocenters. The SMILES string of the molecule is Cc1ccc(N[C@@H](C)C(=O)N/N=C\c2cccc(Cl)c2)cc1. The summed E-state index contributed by atoms with van der Waals surface area (Å²) in [4.78, 5) is 12.0. The molecule has 0 aliphatic rings. The Balaban J connectivity index is 1.87. The summed E-state index contributed by atoms with van der Waals surface area (Å²) >= 11 is 5.88. The number of benzene rings is 2. The number of hydrogen-bond acceptors (Lipinski definition) is 3. The standard InChI is InChI=1S/C17H18ClN3O/c1-12-6-8-16(9-7-12)20-13(2)17(22)21-19-11-14-4-3-5-15(18)10-14/h3-11,13,20H,1-2H3,(H,21,22)/b19-11-/t13-/m0/s1. The van der Waals surface area contributed by atoms with Gasteiger partial charge in [0.2, 0.25) is 0 Å². The lowest BCUT2D eigenvalue weighted by Crippen LogP contribution is -2.34. The van der Waals surface area contributed by atoms with Crippen LogP contribution < -0.4 is 10.7 Å². The van der Waals surface area contributed by atoms with Crippen molar-refractivity contribution in [2.45, 2.75) is 19.9 Å². The summed E-state index contributed by atoms with van der Waals surface area (Å²) in [7, 11) is 0. The fourth-order valence-electron chi connectivity index (χ4n) is 1.82. The van der Waals surface area contributed by atoms with Crippen LogP contribution >= 0.6 is 11.6 Å². The van der Waals surface area contributed by atoms with Gasteiger partial charge in [0.1, 0.15) is 6.04 Å². The Bertz CT molecular complexity index is 668. The number of nitrogens with zero attached hydrogens (tertiary/aromatic N) is 1. The Labute approximate surface area is 135 Å². The van der Waals surface area contributed by atoms with Crippen LogP contribution in [0.3, 0.4) is 0 Å². The van der Waals surface area contributed by atoms with Gasteiger partial charge in [-0.1, -0.05) is 41.4 Å². The fourth-order valence-corrected chi connectivity index (χ4v) is 2.02. The third-order valence-corrected chi connectivity index (χ3v) is 3.30. The van der Waals surface area contributed by atoms with Gasteiger partial charge in [-0.2, -0.15) is 5.10 Å². The van der Waals surface area contributed by atoms with Crippen LogP contribution in [0.25, 0.3) is 0 Å². The molecule has 0 saturated heterocycles. The zero-order chi connectivity index (χ0) is 15.9. The molecule has 0 radical (unpaired) electrons. The Morgan fingerprint density at radius 1 is 1.23 bits per heavy atom. The van der Waals surface area contributed by atoms with Crippen LogP contribution in [0.15, 0.2) is 53.6 Å². The van der Waals surface area contributed by atoms with E-state index in [2.05, 4.69) is 15.8 Å². The highest BCUT2D eigenvalue weighted by Crippen LogP contribution is 2.10. The molecule has 0 aliphatic carbocycles. The molecule has 5 heteroatoms. The summed E-state index contributed by atoms with van der Waals surface area (Å²) in [6.07, 6.45) is 1.56. The van der Waals surface area contributed by atoms with Crippen molar-refractivity contribution in [2.24, 2.45) is 5.10 Å². The maximum absolute atomic E-state index is 12.0. The molecule has 4 nitrogen and oxygen atoms in total. The van der Waals surface area contributed by atoms with E-state index in [4.69, 9.17) is 11.6 Å².